The topological polar surface area (TPSA) is 76.7 Å². The van der Waals surface area contributed by atoms with Gasteiger partial charge in [0, 0.05) is 40.2 Å². The third-order valence-corrected chi connectivity index (χ3v) is 6.08. The Morgan fingerprint density at radius 2 is 1.78 bits per heavy atom. The van der Waals surface area contributed by atoms with E-state index in [1.54, 1.807) is 14.2 Å². The van der Waals surface area contributed by atoms with Gasteiger partial charge in [-0.15, -0.1) is 0 Å². The van der Waals surface area contributed by atoms with Crippen molar-refractivity contribution in [2.75, 3.05) is 19.5 Å². The molecule has 1 heterocycles. The first-order valence-corrected chi connectivity index (χ1v) is 10.8. The van der Waals surface area contributed by atoms with Gasteiger partial charge in [0.25, 0.3) is 5.91 Å². The molecule has 1 aliphatic carbocycles. The normalized spacial score (nSPS) is 18.1. The van der Waals surface area contributed by atoms with Crippen molar-refractivity contribution in [1.82, 2.24) is 5.32 Å². The van der Waals surface area contributed by atoms with Gasteiger partial charge in [-0.2, -0.15) is 0 Å². The molecular weight excluding hydrogens is 404 g/mol. The van der Waals surface area contributed by atoms with Crippen LogP contribution in [0.1, 0.15) is 43.2 Å². The number of amides is 1. The van der Waals surface area contributed by atoms with Crippen molar-refractivity contribution in [2.45, 2.75) is 39.0 Å². The van der Waals surface area contributed by atoms with Gasteiger partial charge in [0.2, 0.25) is 0 Å². The van der Waals surface area contributed by atoms with E-state index in [1.807, 2.05) is 56.3 Å². The number of methoxy groups -OCH3 is 2. The molecule has 0 radical (unpaired) electrons. The SMILES string of the molecule is COc1ccc(OC)c([C@@H]2C(C(=O)Nc3ccc(C)cc3)=C(C)NC3=C2C(=O)CCC3)c1. The van der Waals surface area contributed by atoms with E-state index in [2.05, 4.69) is 10.6 Å². The lowest BCUT2D eigenvalue weighted by molar-refractivity contribution is -0.116. The number of ketones is 1. The molecule has 2 aromatic carbocycles. The van der Waals surface area contributed by atoms with Gasteiger partial charge in [-0.1, -0.05) is 17.7 Å². The minimum Gasteiger partial charge on any atom is -0.497 e. The molecule has 2 N–H and O–H groups in total. The Morgan fingerprint density at radius 3 is 2.47 bits per heavy atom. The molecular formula is C26H28N2O4. The summed E-state index contributed by atoms with van der Waals surface area (Å²) in [6.45, 7) is 3.88. The summed E-state index contributed by atoms with van der Waals surface area (Å²) in [7, 11) is 3.18. The number of aryl methyl sites for hydroxylation is 1. The smallest absolute Gasteiger partial charge is 0.254 e. The number of Topliss-reactive ketones (excluding diaryl/α,β-unsaturated/α-hetero) is 1. The lowest BCUT2D eigenvalue weighted by Crippen LogP contribution is -2.35. The number of hydrogen-bond donors (Lipinski definition) is 2. The fourth-order valence-corrected chi connectivity index (χ4v) is 4.50. The molecule has 0 fully saturated rings. The summed E-state index contributed by atoms with van der Waals surface area (Å²) in [5, 5.41) is 6.35. The minimum atomic E-state index is -0.547. The van der Waals surface area contributed by atoms with Crippen molar-refractivity contribution in [2.24, 2.45) is 0 Å². The van der Waals surface area contributed by atoms with E-state index in [9.17, 15) is 9.59 Å². The van der Waals surface area contributed by atoms with Gasteiger partial charge in [0.15, 0.2) is 5.78 Å². The first-order valence-electron chi connectivity index (χ1n) is 10.8. The maximum absolute atomic E-state index is 13.6. The summed E-state index contributed by atoms with van der Waals surface area (Å²) in [6, 6.07) is 13.1. The van der Waals surface area contributed by atoms with Crippen molar-refractivity contribution >= 4 is 17.4 Å². The summed E-state index contributed by atoms with van der Waals surface area (Å²) in [5.41, 5.74) is 5.32. The average Bonchev–Trinajstić information content (AvgIpc) is 2.79. The second-order valence-electron chi connectivity index (χ2n) is 8.19. The number of hydrogen-bond acceptors (Lipinski definition) is 5. The Kier molecular flexibility index (Phi) is 6.04. The molecule has 32 heavy (non-hydrogen) atoms. The number of benzene rings is 2. The monoisotopic (exact) mass is 432 g/mol. The summed E-state index contributed by atoms with van der Waals surface area (Å²) in [4.78, 5) is 26.7. The Hall–Kier alpha value is -3.54. The first kappa shape index (κ1) is 21.7. The van der Waals surface area contributed by atoms with E-state index < -0.39 is 5.92 Å². The number of nitrogens with one attached hydrogen (secondary N) is 2. The molecule has 0 bridgehead atoms. The quantitative estimate of drug-likeness (QED) is 0.721. The molecule has 1 aliphatic heterocycles. The molecule has 0 saturated heterocycles. The van der Waals surface area contributed by atoms with Gasteiger partial charge in [0.1, 0.15) is 11.5 Å². The van der Waals surface area contributed by atoms with Crippen LogP contribution in [0.4, 0.5) is 5.69 Å². The Labute approximate surface area is 188 Å². The fraction of sp³-hybridized carbons (Fsp3) is 0.308. The molecule has 2 aliphatic rings. The predicted octanol–water partition coefficient (Wildman–Crippen LogP) is 4.62. The number of carbonyl (C=O) groups is 2. The molecule has 0 saturated carbocycles. The van der Waals surface area contributed by atoms with E-state index in [0.29, 0.717) is 34.8 Å². The largest absolute Gasteiger partial charge is 0.497 e. The van der Waals surface area contributed by atoms with Crippen molar-refractivity contribution < 1.29 is 19.1 Å². The van der Waals surface area contributed by atoms with Gasteiger partial charge >= 0.3 is 0 Å². The van der Waals surface area contributed by atoms with Crippen LogP contribution < -0.4 is 20.1 Å². The number of allylic oxidation sites excluding steroid dienone is 3. The van der Waals surface area contributed by atoms with Gasteiger partial charge < -0.3 is 20.1 Å². The summed E-state index contributed by atoms with van der Waals surface area (Å²) < 4.78 is 11.1. The Balaban J connectivity index is 1.85. The van der Waals surface area contributed by atoms with E-state index in [4.69, 9.17) is 9.47 Å². The Bertz CT molecular complexity index is 1130. The third-order valence-electron chi connectivity index (χ3n) is 6.08. The lowest BCUT2D eigenvalue weighted by Gasteiger charge is -2.35. The standard InChI is InChI=1S/C26H28N2O4/c1-15-8-10-17(11-9-15)28-26(30)23-16(2)27-20-6-5-7-21(29)25(20)24(23)19-14-18(31-3)12-13-22(19)32-4/h8-14,24,27H,5-7H2,1-4H3,(H,28,30)/t24-/m1/s1. The van der Waals surface area contributed by atoms with Crippen LogP contribution >= 0.6 is 0 Å². The van der Waals surface area contributed by atoms with Crippen LogP contribution in [-0.4, -0.2) is 25.9 Å². The maximum atomic E-state index is 13.6. The van der Waals surface area contributed by atoms with Crippen molar-refractivity contribution in [3.63, 3.8) is 0 Å². The molecule has 0 unspecified atom stereocenters. The highest BCUT2D eigenvalue weighted by atomic mass is 16.5. The second kappa shape index (κ2) is 8.91. The highest BCUT2D eigenvalue weighted by molar-refractivity contribution is 6.10. The van der Waals surface area contributed by atoms with Crippen LogP contribution in [0.3, 0.4) is 0 Å². The van der Waals surface area contributed by atoms with E-state index in [0.717, 1.165) is 35.4 Å². The summed E-state index contributed by atoms with van der Waals surface area (Å²) >= 11 is 0. The zero-order valence-electron chi connectivity index (χ0n) is 18.9. The zero-order chi connectivity index (χ0) is 22.8. The second-order valence-corrected chi connectivity index (χ2v) is 8.19. The molecule has 6 heteroatoms. The van der Waals surface area contributed by atoms with Crippen molar-refractivity contribution in [3.8, 4) is 11.5 Å². The fourth-order valence-electron chi connectivity index (χ4n) is 4.50. The molecule has 1 amide bonds. The highest BCUT2D eigenvalue weighted by Gasteiger charge is 2.39. The average molecular weight is 433 g/mol. The maximum Gasteiger partial charge on any atom is 0.254 e. The van der Waals surface area contributed by atoms with Crippen molar-refractivity contribution in [3.05, 3.63) is 76.1 Å². The van der Waals surface area contributed by atoms with Crippen LogP contribution in [0.25, 0.3) is 0 Å². The number of carbonyl (C=O) groups excluding carboxylic acids is 2. The molecule has 0 aromatic heterocycles. The van der Waals surface area contributed by atoms with Crippen LogP contribution in [0.2, 0.25) is 0 Å². The zero-order valence-corrected chi connectivity index (χ0v) is 18.9. The molecule has 6 nitrogen and oxygen atoms in total. The number of dihydropyridines is 1. The summed E-state index contributed by atoms with van der Waals surface area (Å²) in [6.07, 6.45) is 2.04. The highest BCUT2D eigenvalue weighted by Crippen LogP contribution is 2.46. The number of ether oxygens (including phenoxy) is 2. The van der Waals surface area contributed by atoms with Gasteiger partial charge in [-0.25, -0.2) is 0 Å². The predicted molar refractivity (Wildman–Crippen MR) is 124 cm³/mol. The lowest BCUT2D eigenvalue weighted by atomic mass is 9.74. The molecule has 4 rings (SSSR count). The van der Waals surface area contributed by atoms with Crippen LogP contribution in [0.15, 0.2) is 65.0 Å². The molecule has 166 valence electrons. The minimum absolute atomic E-state index is 0.0572. The summed E-state index contributed by atoms with van der Waals surface area (Å²) in [5.74, 6) is 0.506. The molecule has 0 spiro atoms. The van der Waals surface area contributed by atoms with Gasteiger partial charge in [-0.05, 0) is 57.0 Å². The van der Waals surface area contributed by atoms with Crippen LogP contribution in [-0.2, 0) is 9.59 Å². The van der Waals surface area contributed by atoms with E-state index in [1.165, 1.54) is 0 Å². The van der Waals surface area contributed by atoms with Gasteiger partial charge in [0.05, 0.1) is 20.1 Å². The molecule has 2 aromatic rings. The Morgan fingerprint density at radius 1 is 1.03 bits per heavy atom. The van der Waals surface area contributed by atoms with E-state index in [-0.39, 0.29) is 11.7 Å². The number of anilines is 1. The number of rotatable bonds is 5. The van der Waals surface area contributed by atoms with Crippen molar-refractivity contribution in [1.29, 1.82) is 0 Å². The van der Waals surface area contributed by atoms with Crippen LogP contribution in [0.5, 0.6) is 11.5 Å². The van der Waals surface area contributed by atoms with Crippen LogP contribution in [0, 0.1) is 6.92 Å². The molecule has 1 atom stereocenters. The van der Waals surface area contributed by atoms with Gasteiger partial charge in [-0.3, -0.25) is 9.59 Å². The first-order chi connectivity index (χ1) is 15.4. The third kappa shape index (κ3) is 4.00. The van der Waals surface area contributed by atoms with E-state index >= 15 is 0 Å².